The summed E-state index contributed by atoms with van der Waals surface area (Å²) < 4.78 is 22.3. The molecule has 1 aliphatic heterocycles. The van der Waals surface area contributed by atoms with E-state index in [9.17, 15) is 9.18 Å². The SMILES string of the molecule is CC.CN(C(=O)c1cc2c(cc1Cl)nc(N)c1cncn12)C1COc2cc(C3CC3)c(F)cc21. The van der Waals surface area contributed by atoms with Gasteiger partial charge in [-0.05, 0) is 48.6 Å². The van der Waals surface area contributed by atoms with Gasteiger partial charge in [-0.1, -0.05) is 25.4 Å². The highest BCUT2D eigenvalue weighted by Crippen LogP contribution is 2.46. The summed E-state index contributed by atoms with van der Waals surface area (Å²) in [6.07, 6.45) is 5.23. The Balaban J connectivity index is 0.00000117. The number of anilines is 1. The normalized spacial score (nSPS) is 16.7. The van der Waals surface area contributed by atoms with Gasteiger partial charge in [-0.25, -0.2) is 14.4 Å². The van der Waals surface area contributed by atoms with E-state index < -0.39 is 6.04 Å². The van der Waals surface area contributed by atoms with Crippen molar-refractivity contribution in [1.82, 2.24) is 19.3 Å². The average molecular weight is 482 g/mol. The zero-order valence-corrected chi connectivity index (χ0v) is 19.9. The molecular formula is C25H25ClFN5O2. The summed E-state index contributed by atoms with van der Waals surface area (Å²) >= 11 is 6.47. The maximum atomic E-state index is 14.7. The monoisotopic (exact) mass is 481 g/mol. The summed E-state index contributed by atoms with van der Waals surface area (Å²) in [6, 6.07) is 6.19. The van der Waals surface area contributed by atoms with Crippen molar-refractivity contribution < 1.29 is 13.9 Å². The fourth-order valence-electron chi connectivity index (χ4n) is 4.45. The number of hydrogen-bond acceptors (Lipinski definition) is 5. The van der Waals surface area contributed by atoms with E-state index in [1.807, 2.05) is 13.8 Å². The number of likely N-dealkylation sites (N-methyl/N-ethyl adjacent to an activating group) is 1. The van der Waals surface area contributed by atoms with Crippen LogP contribution < -0.4 is 10.5 Å². The molecule has 6 rings (SSSR count). The fraction of sp³-hybridized carbons (Fsp3) is 0.320. The summed E-state index contributed by atoms with van der Waals surface area (Å²) in [7, 11) is 1.67. The Morgan fingerprint density at radius 2 is 1.97 bits per heavy atom. The fourth-order valence-corrected chi connectivity index (χ4v) is 4.69. The molecule has 1 aliphatic carbocycles. The summed E-state index contributed by atoms with van der Waals surface area (Å²) in [4.78, 5) is 23.5. The third kappa shape index (κ3) is 3.53. The van der Waals surface area contributed by atoms with Crippen LogP contribution in [0.3, 0.4) is 0 Å². The lowest BCUT2D eigenvalue weighted by Gasteiger charge is -2.24. The highest BCUT2D eigenvalue weighted by molar-refractivity contribution is 6.34. The van der Waals surface area contributed by atoms with E-state index in [1.165, 1.54) is 6.07 Å². The van der Waals surface area contributed by atoms with Crippen LogP contribution in [0.2, 0.25) is 5.02 Å². The molecule has 0 saturated heterocycles. The molecule has 0 bridgehead atoms. The van der Waals surface area contributed by atoms with Crippen molar-refractivity contribution in [2.24, 2.45) is 0 Å². The molecule has 176 valence electrons. The van der Waals surface area contributed by atoms with Crippen LogP contribution in [0.4, 0.5) is 10.2 Å². The lowest BCUT2D eigenvalue weighted by atomic mass is 10.0. The zero-order valence-electron chi connectivity index (χ0n) is 19.2. The van der Waals surface area contributed by atoms with Crippen LogP contribution in [0.15, 0.2) is 36.8 Å². The first-order valence-corrected chi connectivity index (χ1v) is 11.7. The van der Waals surface area contributed by atoms with Gasteiger partial charge < -0.3 is 15.4 Å². The molecule has 2 aromatic heterocycles. The molecule has 7 nitrogen and oxygen atoms in total. The van der Waals surface area contributed by atoms with Crippen LogP contribution in [0.1, 0.15) is 60.1 Å². The number of aromatic nitrogens is 3. The number of benzene rings is 2. The second-order valence-corrected chi connectivity index (χ2v) is 8.80. The smallest absolute Gasteiger partial charge is 0.255 e. The molecule has 3 heterocycles. The third-order valence-corrected chi connectivity index (χ3v) is 6.70. The largest absolute Gasteiger partial charge is 0.491 e. The molecule has 1 fully saturated rings. The summed E-state index contributed by atoms with van der Waals surface area (Å²) in [5, 5.41) is 0.259. The van der Waals surface area contributed by atoms with Gasteiger partial charge in [0, 0.05) is 12.6 Å². The predicted octanol–water partition coefficient (Wildman–Crippen LogP) is 5.37. The zero-order chi connectivity index (χ0) is 24.1. The van der Waals surface area contributed by atoms with Gasteiger partial charge in [0.1, 0.15) is 29.5 Å². The van der Waals surface area contributed by atoms with Crippen molar-refractivity contribution in [3.63, 3.8) is 0 Å². The molecule has 4 aromatic rings. The minimum absolute atomic E-state index is 0.238. The number of halogens is 2. The first-order valence-electron chi connectivity index (χ1n) is 11.4. The van der Waals surface area contributed by atoms with Gasteiger partial charge in [0.15, 0.2) is 0 Å². The second kappa shape index (κ2) is 8.43. The van der Waals surface area contributed by atoms with Crippen LogP contribution in [0, 0.1) is 5.82 Å². The molecule has 34 heavy (non-hydrogen) atoms. The maximum absolute atomic E-state index is 14.7. The van der Waals surface area contributed by atoms with E-state index >= 15 is 0 Å². The highest BCUT2D eigenvalue weighted by Gasteiger charge is 2.35. The number of nitrogen functional groups attached to an aromatic ring is 1. The Morgan fingerprint density at radius 3 is 2.71 bits per heavy atom. The molecule has 1 amide bonds. The van der Waals surface area contributed by atoms with E-state index in [0.29, 0.717) is 44.8 Å². The summed E-state index contributed by atoms with van der Waals surface area (Å²) in [5.74, 6) is 0.714. The van der Waals surface area contributed by atoms with Crippen molar-refractivity contribution in [3.8, 4) is 5.75 Å². The Bertz CT molecular complexity index is 1430. The molecule has 2 N–H and O–H groups in total. The van der Waals surface area contributed by atoms with Crippen molar-refractivity contribution in [1.29, 1.82) is 0 Å². The molecule has 0 radical (unpaired) electrons. The van der Waals surface area contributed by atoms with Crippen LogP contribution >= 0.6 is 11.6 Å². The maximum Gasteiger partial charge on any atom is 0.255 e. The van der Waals surface area contributed by atoms with Gasteiger partial charge in [-0.3, -0.25) is 9.20 Å². The van der Waals surface area contributed by atoms with E-state index in [1.54, 1.807) is 47.1 Å². The number of carbonyl (C=O) groups is 1. The highest BCUT2D eigenvalue weighted by atomic mass is 35.5. The van der Waals surface area contributed by atoms with Gasteiger partial charge >= 0.3 is 0 Å². The number of carbonyl (C=O) groups excluding carboxylic acids is 1. The molecule has 1 unspecified atom stereocenters. The van der Waals surface area contributed by atoms with E-state index in [-0.39, 0.29) is 29.3 Å². The van der Waals surface area contributed by atoms with E-state index in [2.05, 4.69) is 9.97 Å². The number of fused-ring (bicyclic) bond motifs is 4. The standard InChI is InChI=1S/C23H19ClFN5O2.C2H6/c1-29(20-9-32-21-6-12(11-2-3-11)16(25)4-14(20)21)23(31)13-5-18-17(7-15(13)24)28-22(26)19-8-27-10-30(18)19;1-2/h4-8,10-11,20H,2-3,9H2,1H3,(H2,26,28);1-2H3. The van der Waals surface area contributed by atoms with Crippen LogP contribution in [-0.2, 0) is 0 Å². The summed E-state index contributed by atoms with van der Waals surface area (Å²) in [5.41, 5.74) is 9.55. The van der Waals surface area contributed by atoms with Crippen molar-refractivity contribution >= 4 is 39.9 Å². The van der Waals surface area contributed by atoms with Crippen LogP contribution in [-0.4, -0.2) is 38.8 Å². The first kappa shape index (κ1) is 22.4. The predicted molar refractivity (Wildman–Crippen MR) is 130 cm³/mol. The number of imidazole rings is 1. The second-order valence-electron chi connectivity index (χ2n) is 8.40. The van der Waals surface area contributed by atoms with Gasteiger partial charge in [-0.15, -0.1) is 0 Å². The number of hydrogen-bond donors (Lipinski definition) is 1. The number of nitrogens with two attached hydrogens (primary N) is 1. The number of nitrogens with zero attached hydrogens (tertiary/aromatic N) is 4. The van der Waals surface area contributed by atoms with Gasteiger partial charge in [0.05, 0.1) is 40.2 Å². The molecule has 1 saturated carbocycles. The molecular weight excluding hydrogens is 457 g/mol. The first-order chi connectivity index (χ1) is 16.4. The molecule has 1 atom stereocenters. The van der Waals surface area contributed by atoms with Gasteiger partial charge in [0.25, 0.3) is 5.91 Å². The quantitative estimate of drug-likeness (QED) is 0.425. The van der Waals surface area contributed by atoms with E-state index in [4.69, 9.17) is 22.1 Å². The molecule has 2 aromatic carbocycles. The topological polar surface area (TPSA) is 85.8 Å². The van der Waals surface area contributed by atoms with Gasteiger partial charge in [-0.2, -0.15) is 0 Å². The third-order valence-electron chi connectivity index (χ3n) is 6.39. The number of ether oxygens (including phenoxy) is 1. The number of amides is 1. The Morgan fingerprint density at radius 1 is 1.21 bits per heavy atom. The van der Waals surface area contributed by atoms with Crippen LogP contribution in [0.25, 0.3) is 16.6 Å². The van der Waals surface area contributed by atoms with Crippen molar-refractivity contribution in [2.75, 3.05) is 19.4 Å². The average Bonchev–Trinajstić information content (AvgIpc) is 3.40. The number of rotatable bonds is 3. The van der Waals surface area contributed by atoms with Crippen molar-refractivity contribution in [2.45, 2.75) is 38.6 Å². The Kier molecular flexibility index (Phi) is 5.56. The minimum Gasteiger partial charge on any atom is -0.491 e. The Labute approximate surface area is 201 Å². The molecule has 0 spiro atoms. The minimum atomic E-state index is -0.412. The Hall–Kier alpha value is -3.39. The lowest BCUT2D eigenvalue weighted by Crippen LogP contribution is -2.32. The van der Waals surface area contributed by atoms with Crippen LogP contribution in [0.5, 0.6) is 5.75 Å². The molecule has 2 aliphatic rings. The summed E-state index contributed by atoms with van der Waals surface area (Å²) in [6.45, 7) is 4.26. The molecule has 9 heteroatoms. The van der Waals surface area contributed by atoms with E-state index in [0.717, 1.165) is 12.8 Å². The lowest BCUT2D eigenvalue weighted by molar-refractivity contribution is 0.0708. The van der Waals surface area contributed by atoms with Gasteiger partial charge in [0.2, 0.25) is 0 Å². The van der Waals surface area contributed by atoms with Crippen molar-refractivity contribution in [3.05, 3.63) is 64.3 Å².